The van der Waals surface area contributed by atoms with E-state index in [1.54, 1.807) is 0 Å². The van der Waals surface area contributed by atoms with Crippen LogP contribution in [0.5, 0.6) is 11.5 Å². The molecule has 0 saturated carbocycles. The molecule has 3 rings (SSSR count). The van der Waals surface area contributed by atoms with E-state index in [0.717, 1.165) is 48.6 Å². The Bertz CT molecular complexity index is 667. The van der Waals surface area contributed by atoms with E-state index in [-0.39, 0.29) is 12.2 Å². The highest BCUT2D eigenvalue weighted by Gasteiger charge is 2.17. The molecule has 1 aromatic rings. The molecule has 0 fully saturated rings. The summed E-state index contributed by atoms with van der Waals surface area (Å²) in [6.07, 6.45) is 9.53. The van der Waals surface area contributed by atoms with Gasteiger partial charge in [-0.1, -0.05) is 18.2 Å². The number of fused-ring (bicyclic) bond motifs is 1. The number of nitrogens with two attached hydrogens (primary N) is 1. The van der Waals surface area contributed by atoms with Crippen molar-refractivity contribution in [1.82, 2.24) is 0 Å². The van der Waals surface area contributed by atoms with Crippen LogP contribution < -0.4 is 20.5 Å². The van der Waals surface area contributed by atoms with Gasteiger partial charge in [0.2, 0.25) is 0 Å². The molecule has 0 bridgehead atoms. The maximum absolute atomic E-state index is 6.08. The molecule has 142 valence electrons. The Kier molecular flexibility index (Phi) is 6.58. The fourth-order valence-corrected chi connectivity index (χ4v) is 3.25. The van der Waals surface area contributed by atoms with Crippen molar-refractivity contribution in [2.24, 2.45) is 5.73 Å². The minimum absolute atomic E-state index is 0.0449. The van der Waals surface area contributed by atoms with Crippen molar-refractivity contribution in [1.29, 1.82) is 0 Å². The van der Waals surface area contributed by atoms with Crippen LogP contribution in [0.1, 0.15) is 32.3 Å². The Balaban J connectivity index is 1.67. The summed E-state index contributed by atoms with van der Waals surface area (Å²) in [6, 6.07) is 4.11. The van der Waals surface area contributed by atoms with Gasteiger partial charge in [0.05, 0.1) is 24.5 Å². The molecular weight excluding hydrogens is 328 g/mol. The van der Waals surface area contributed by atoms with Gasteiger partial charge in [-0.15, -0.1) is 0 Å². The smallest absolute Gasteiger partial charge is 0.143 e. The largest absolute Gasteiger partial charge is 0.491 e. The maximum Gasteiger partial charge on any atom is 0.143 e. The zero-order chi connectivity index (χ0) is 18.4. The summed E-state index contributed by atoms with van der Waals surface area (Å²) in [4.78, 5) is 0. The van der Waals surface area contributed by atoms with E-state index >= 15 is 0 Å². The summed E-state index contributed by atoms with van der Waals surface area (Å²) in [5, 5.41) is 3.36. The van der Waals surface area contributed by atoms with Crippen LogP contribution in [0.2, 0.25) is 0 Å². The van der Waals surface area contributed by atoms with Crippen LogP contribution in [0.4, 0.5) is 5.69 Å². The number of anilines is 1. The molecule has 1 atom stereocenters. The van der Waals surface area contributed by atoms with E-state index in [9.17, 15) is 0 Å². The number of allylic oxidation sites excluding steroid dienone is 2. The number of hydrogen-bond donors (Lipinski definition) is 2. The van der Waals surface area contributed by atoms with Crippen LogP contribution in [-0.2, 0) is 11.2 Å². The lowest BCUT2D eigenvalue weighted by Gasteiger charge is -2.24. The fraction of sp³-hybridized carbons (Fsp3) is 0.524. The van der Waals surface area contributed by atoms with Crippen molar-refractivity contribution in [2.45, 2.75) is 45.3 Å². The predicted molar refractivity (Wildman–Crippen MR) is 105 cm³/mol. The molecule has 5 heteroatoms. The van der Waals surface area contributed by atoms with Gasteiger partial charge < -0.3 is 25.3 Å². The van der Waals surface area contributed by atoms with E-state index in [1.807, 2.05) is 19.9 Å². The first kappa shape index (κ1) is 18.8. The molecule has 3 N–H and O–H groups in total. The Morgan fingerprint density at radius 2 is 2.15 bits per heavy atom. The van der Waals surface area contributed by atoms with Crippen LogP contribution in [0, 0.1) is 0 Å². The first-order valence-electron chi connectivity index (χ1n) is 9.56. The second-order valence-electron chi connectivity index (χ2n) is 6.93. The lowest BCUT2D eigenvalue weighted by atomic mass is 10.0. The normalized spacial score (nSPS) is 17.2. The minimum Gasteiger partial charge on any atom is -0.491 e. The molecule has 1 heterocycles. The number of rotatable bonds is 8. The van der Waals surface area contributed by atoms with Crippen molar-refractivity contribution in [3.05, 3.63) is 41.5 Å². The molecule has 0 radical (unpaired) electrons. The number of nitrogens with one attached hydrogen (secondary N) is 1. The van der Waals surface area contributed by atoms with Gasteiger partial charge in [-0.2, -0.15) is 0 Å². The first-order valence-corrected chi connectivity index (χ1v) is 9.56. The van der Waals surface area contributed by atoms with Crippen LogP contribution in [0.3, 0.4) is 0 Å². The average Bonchev–Trinajstić information content (AvgIpc) is 2.65. The number of ether oxygens (including phenoxy) is 3. The molecule has 1 aliphatic heterocycles. The highest BCUT2D eigenvalue weighted by atomic mass is 16.5. The molecule has 2 aliphatic rings. The molecule has 0 aromatic heterocycles. The maximum atomic E-state index is 6.08. The molecule has 5 nitrogen and oxygen atoms in total. The molecular formula is C21H30N2O3. The topological polar surface area (TPSA) is 65.7 Å². The number of benzene rings is 1. The first-order chi connectivity index (χ1) is 12.7. The SMILES string of the molecule is CC(C)Oc1cc2c(cc1CCOC(CN)C1=CCCC=C1)OCCN2. The van der Waals surface area contributed by atoms with Crippen LogP contribution >= 0.6 is 0 Å². The fourth-order valence-electron chi connectivity index (χ4n) is 3.25. The molecule has 1 aromatic carbocycles. The van der Waals surface area contributed by atoms with Crippen molar-refractivity contribution in [3.63, 3.8) is 0 Å². The van der Waals surface area contributed by atoms with Gasteiger partial charge in [-0.3, -0.25) is 0 Å². The van der Waals surface area contributed by atoms with Crippen molar-refractivity contribution in [3.8, 4) is 11.5 Å². The number of hydrogen-bond acceptors (Lipinski definition) is 5. The third kappa shape index (κ3) is 4.80. The van der Waals surface area contributed by atoms with Gasteiger partial charge in [0.1, 0.15) is 18.1 Å². The Labute approximate surface area is 156 Å². The third-order valence-corrected chi connectivity index (χ3v) is 4.50. The second kappa shape index (κ2) is 9.10. The molecule has 0 amide bonds. The summed E-state index contributed by atoms with van der Waals surface area (Å²) in [6.45, 7) is 6.66. The molecule has 0 spiro atoms. The summed E-state index contributed by atoms with van der Waals surface area (Å²) in [7, 11) is 0. The summed E-state index contributed by atoms with van der Waals surface area (Å²) in [5.41, 5.74) is 9.20. The average molecular weight is 358 g/mol. The van der Waals surface area contributed by atoms with Crippen LogP contribution in [0.25, 0.3) is 0 Å². The highest BCUT2D eigenvalue weighted by Crippen LogP contribution is 2.35. The van der Waals surface area contributed by atoms with E-state index in [2.05, 4.69) is 29.6 Å². The summed E-state index contributed by atoms with van der Waals surface area (Å²) >= 11 is 0. The monoisotopic (exact) mass is 358 g/mol. The van der Waals surface area contributed by atoms with E-state index in [4.69, 9.17) is 19.9 Å². The third-order valence-electron chi connectivity index (χ3n) is 4.50. The van der Waals surface area contributed by atoms with Gasteiger partial charge >= 0.3 is 0 Å². The Morgan fingerprint density at radius 1 is 1.27 bits per heavy atom. The van der Waals surface area contributed by atoms with Crippen molar-refractivity contribution < 1.29 is 14.2 Å². The van der Waals surface area contributed by atoms with Crippen molar-refractivity contribution >= 4 is 5.69 Å². The summed E-state index contributed by atoms with van der Waals surface area (Å²) < 4.78 is 17.9. The quantitative estimate of drug-likeness (QED) is 0.745. The van der Waals surface area contributed by atoms with Gasteiger partial charge in [0, 0.05) is 24.7 Å². The molecule has 1 unspecified atom stereocenters. The van der Waals surface area contributed by atoms with E-state index in [0.29, 0.717) is 19.8 Å². The second-order valence-corrected chi connectivity index (χ2v) is 6.93. The molecule has 0 saturated heterocycles. The summed E-state index contributed by atoms with van der Waals surface area (Å²) in [5.74, 6) is 1.78. The minimum atomic E-state index is -0.0449. The highest BCUT2D eigenvalue weighted by molar-refractivity contribution is 5.63. The van der Waals surface area contributed by atoms with Gasteiger partial charge in [-0.05, 0) is 44.7 Å². The van der Waals surface area contributed by atoms with Gasteiger partial charge in [-0.25, -0.2) is 0 Å². The lowest BCUT2D eigenvalue weighted by molar-refractivity contribution is 0.0867. The predicted octanol–water partition coefficient (Wildman–Crippen LogP) is 3.44. The van der Waals surface area contributed by atoms with Gasteiger partial charge in [0.15, 0.2) is 0 Å². The van der Waals surface area contributed by atoms with Crippen LogP contribution in [-0.4, -0.2) is 38.5 Å². The lowest BCUT2D eigenvalue weighted by Crippen LogP contribution is -2.27. The Hall–Kier alpha value is -1.98. The van der Waals surface area contributed by atoms with Crippen LogP contribution in [0.15, 0.2) is 35.9 Å². The van der Waals surface area contributed by atoms with Gasteiger partial charge in [0.25, 0.3) is 0 Å². The molecule has 26 heavy (non-hydrogen) atoms. The zero-order valence-electron chi connectivity index (χ0n) is 15.8. The zero-order valence-corrected chi connectivity index (χ0v) is 15.8. The standard InChI is InChI=1S/C21H30N2O3/c1-15(2)26-19-13-18-20(25-11-9-23-18)12-17(19)8-10-24-21(14-22)16-6-4-3-5-7-16/h4,6-7,12-13,15,21,23H,3,5,8-11,14,22H2,1-2H3. The van der Waals surface area contributed by atoms with Crippen molar-refractivity contribution in [2.75, 3.05) is 31.6 Å². The Morgan fingerprint density at radius 3 is 2.88 bits per heavy atom. The molecule has 1 aliphatic carbocycles. The van der Waals surface area contributed by atoms with E-state index in [1.165, 1.54) is 5.57 Å². The van der Waals surface area contributed by atoms with E-state index < -0.39 is 0 Å².